The maximum atomic E-state index is 11.6. The Bertz CT molecular complexity index is 762. The topological polar surface area (TPSA) is 50.4 Å². The second-order valence-electron chi connectivity index (χ2n) is 5.06. The standard InChI is InChI=1S/C17H17ClN2O2S/c1-10-5-7-13(9-14(10)18)19-17(23)20-15-8-12(16(21)22-3)6-4-11(15)2/h4-9H,1-3H3,(H2,19,20,23). The van der Waals surface area contributed by atoms with E-state index in [1.54, 1.807) is 12.1 Å². The SMILES string of the molecule is COC(=O)c1ccc(C)c(NC(=S)Nc2ccc(C)c(Cl)c2)c1. The molecule has 0 aliphatic heterocycles. The number of aryl methyl sites for hydroxylation is 2. The predicted octanol–water partition coefficient (Wildman–Crippen LogP) is 4.55. The van der Waals surface area contributed by atoms with Gasteiger partial charge in [0.05, 0.1) is 12.7 Å². The van der Waals surface area contributed by atoms with E-state index in [1.807, 2.05) is 38.1 Å². The summed E-state index contributed by atoms with van der Waals surface area (Å²) < 4.78 is 4.73. The van der Waals surface area contributed by atoms with Crippen LogP contribution >= 0.6 is 23.8 Å². The predicted molar refractivity (Wildman–Crippen MR) is 98.6 cm³/mol. The third kappa shape index (κ3) is 4.43. The number of hydrogen-bond acceptors (Lipinski definition) is 3. The Hall–Kier alpha value is -2.11. The molecule has 0 unspecified atom stereocenters. The number of ether oxygens (including phenoxy) is 1. The molecule has 0 spiro atoms. The summed E-state index contributed by atoms with van der Waals surface area (Å²) in [6.07, 6.45) is 0. The molecule has 2 aromatic rings. The van der Waals surface area contributed by atoms with E-state index >= 15 is 0 Å². The molecule has 0 saturated carbocycles. The van der Waals surface area contributed by atoms with E-state index in [9.17, 15) is 4.79 Å². The molecule has 0 saturated heterocycles. The monoisotopic (exact) mass is 348 g/mol. The maximum Gasteiger partial charge on any atom is 0.337 e. The van der Waals surface area contributed by atoms with Gasteiger partial charge in [-0.05, 0) is 61.5 Å². The number of hydrogen-bond donors (Lipinski definition) is 2. The fourth-order valence-corrected chi connectivity index (χ4v) is 2.37. The van der Waals surface area contributed by atoms with E-state index in [0.717, 1.165) is 22.5 Å². The minimum atomic E-state index is -0.391. The highest BCUT2D eigenvalue weighted by Gasteiger charge is 2.09. The fourth-order valence-electron chi connectivity index (χ4n) is 1.96. The van der Waals surface area contributed by atoms with Gasteiger partial charge < -0.3 is 15.4 Å². The zero-order valence-electron chi connectivity index (χ0n) is 13.1. The van der Waals surface area contributed by atoms with Crippen LogP contribution in [0.2, 0.25) is 5.02 Å². The fraction of sp³-hybridized carbons (Fsp3) is 0.176. The lowest BCUT2D eigenvalue weighted by Gasteiger charge is -2.14. The Morgan fingerprint density at radius 1 is 1.09 bits per heavy atom. The zero-order valence-corrected chi connectivity index (χ0v) is 14.6. The highest BCUT2D eigenvalue weighted by atomic mass is 35.5. The summed E-state index contributed by atoms with van der Waals surface area (Å²) in [5, 5.41) is 7.23. The van der Waals surface area contributed by atoms with Crippen LogP contribution in [0, 0.1) is 13.8 Å². The molecule has 0 fully saturated rings. The van der Waals surface area contributed by atoms with Gasteiger partial charge in [0.1, 0.15) is 0 Å². The summed E-state index contributed by atoms with van der Waals surface area (Å²) >= 11 is 11.4. The molecule has 2 N–H and O–H groups in total. The number of carbonyl (C=O) groups is 1. The van der Waals surface area contributed by atoms with Crippen molar-refractivity contribution in [2.75, 3.05) is 17.7 Å². The van der Waals surface area contributed by atoms with Crippen LogP contribution in [0.4, 0.5) is 11.4 Å². The van der Waals surface area contributed by atoms with Crippen LogP contribution in [0.1, 0.15) is 21.5 Å². The Kier molecular flexibility index (Phi) is 5.58. The highest BCUT2D eigenvalue weighted by Crippen LogP contribution is 2.21. The zero-order chi connectivity index (χ0) is 17.0. The van der Waals surface area contributed by atoms with Gasteiger partial charge in [-0.2, -0.15) is 0 Å². The quantitative estimate of drug-likeness (QED) is 0.629. The molecule has 4 nitrogen and oxygen atoms in total. The molecule has 2 aromatic carbocycles. The maximum absolute atomic E-state index is 11.6. The van der Waals surface area contributed by atoms with Crippen molar-refractivity contribution in [3.05, 3.63) is 58.1 Å². The molecule has 0 amide bonds. The van der Waals surface area contributed by atoms with Crippen molar-refractivity contribution in [2.45, 2.75) is 13.8 Å². The molecule has 0 radical (unpaired) electrons. The van der Waals surface area contributed by atoms with Gasteiger partial charge in [-0.3, -0.25) is 0 Å². The van der Waals surface area contributed by atoms with Gasteiger partial charge in [0, 0.05) is 16.4 Å². The largest absolute Gasteiger partial charge is 0.465 e. The van der Waals surface area contributed by atoms with Crippen molar-refractivity contribution in [3.8, 4) is 0 Å². The summed E-state index contributed by atoms with van der Waals surface area (Å²) in [6.45, 7) is 3.86. The highest BCUT2D eigenvalue weighted by molar-refractivity contribution is 7.80. The Morgan fingerprint density at radius 2 is 1.78 bits per heavy atom. The third-order valence-corrected chi connectivity index (χ3v) is 3.95. The van der Waals surface area contributed by atoms with Crippen molar-refractivity contribution in [3.63, 3.8) is 0 Å². The van der Waals surface area contributed by atoms with Crippen LogP contribution in [-0.2, 0) is 4.74 Å². The average molecular weight is 349 g/mol. The molecular formula is C17H17ClN2O2S. The minimum absolute atomic E-state index is 0.391. The summed E-state index contributed by atoms with van der Waals surface area (Å²) in [6, 6.07) is 10.9. The average Bonchev–Trinajstić information content (AvgIpc) is 2.52. The Balaban J connectivity index is 2.13. The number of anilines is 2. The van der Waals surface area contributed by atoms with Crippen molar-refractivity contribution in [1.82, 2.24) is 0 Å². The second kappa shape index (κ2) is 7.44. The van der Waals surface area contributed by atoms with Gasteiger partial charge in [0.25, 0.3) is 0 Å². The third-order valence-electron chi connectivity index (χ3n) is 3.34. The van der Waals surface area contributed by atoms with Crippen molar-refractivity contribution in [1.29, 1.82) is 0 Å². The van der Waals surface area contributed by atoms with Crippen molar-refractivity contribution < 1.29 is 9.53 Å². The van der Waals surface area contributed by atoms with E-state index < -0.39 is 5.97 Å². The Labute approximate surface area is 145 Å². The van der Waals surface area contributed by atoms with Gasteiger partial charge in [0.15, 0.2) is 5.11 Å². The lowest BCUT2D eigenvalue weighted by atomic mass is 10.1. The molecule has 120 valence electrons. The van der Waals surface area contributed by atoms with Gasteiger partial charge in [-0.25, -0.2) is 4.79 Å². The number of thiocarbonyl (C=S) groups is 1. The number of benzene rings is 2. The van der Waals surface area contributed by atoms with E-state index in [2.05, 4.69) is 10.6 Å². The van der Waals surface area contributed by atoms with Crippen LogP contribution < -0.4 is 10.6 Å². The second-order valence-corrected chi connectivity index (χ2v) is 5.88. The molecule has 0 aromatic heterocycles. The lowest BCUT2D eigenvalue weighted by molar-refractivity contribution is 0.0601. The van der Waals surface area contributed by atoms with Crippen LogP contribution in [0.25, 0.3) is 0 Å². The molecular weight excluding hydrogens is 332 g/mol. The van der Waals surface area contributed by atoms with Crippen LogP contribution in [0.15, 0.2) is 36.4 Å². The molecule has 0 heterocycles. The molecule has 23 heavy (non-hydrogen) atoms. The number of rotatable bonds is 3. The van der Waals surface area contributed by atoms with Crippen LogP contribution in [0.3, 0.4) is 0 Å². The summed E-state index contributed by atoms with van der Waals surface area (Å²) in [5.41, 5.74) is 3.95. The smallest absolute Gasteiger partial charge is 0.337 e. The van der Waals surface area contributed by atoms with Gasteiger partial charge in [-0.1, -0.05) is 23.7 Å². The first-order chi connectivity index (χ1) is 10.9. The first-order valence-corrected chi connectivity index (χ1v) is 7.72. The van der Waals surface area contributed by atoms with E-state index in [-0.39, 0.29) is 0 Å². The number of esters is 1. The molecule has 6 heteroatoms. The molecule has 2 rings (SSSR count). The van der Waals surface area contributed by atoms with E-state index in [4.69, 9.17) is 28.6 Å². The van der Waals surface area contributed by atoms with Crippen LogP contribution in [-0.4, -0.2) is 18.2 Å². The van der Waals surface area contributed by atoms with E-state index in [0.29, 0.717) is 15.7 Å². The number of carbonyl (C=O) groups excluding carboxylic acids is 1. The molecule has 0 aliphatic rings. The van der Waals surface area contributed by atoms with E-state index in [1.165, 1.54) is 7.11 Å². The normalized spacial score (nSPS) is 10.1. The number of methoxy groups -OCH3 is 1. The lowest BCUT2D eigenvalue weighted by Crippen LogP contribution is -2.20. The molecule has 0 aliphatic carbocycles. The summed E-state index contributed by atoms with van der Waals surface area (Å²) in [7, 11) is 1.35. The van der Waals surface area contributed by atoms with Gasteiger partial charge in [0.2, 0.25) is 0 Å². The number of halogens is 1. The summed E-state index contributed by atoms with van der Waals surface area (Å²) in [5.74, 6) is -0.391. The van der Waals surface area contributed by atoms with Gasteiger partial charge >= 0.3 is 5.97 Å². The van der Waals surface area contributed by atoms with Crippen LogP contribution in [0.5, 0.6) is 0 Å². The number of nitrogens with one attached hydrogen (secondary N) is 2. The van der Waals surface area contributed by atoms with Crippen molar-refractivity contribution in [2.24, 2.45) is 0 Å². The summed E-state index contributed by atoms with van der Waals surface area (Å²) in [4.78, 5) is 11.6. The first kappa shape index (κ1) is 17.2. The molecule has 0 bridgehead atoms. The Morgan fingerprint density at radius 3 is 2.43 bits per heavy atom. The molecule has 0 atom stereocenters. The minimum Gasteiger partial charge on any atom is -0.465 e. The van der Waals surface area contributed by atoms with Gasteiger partial charge in [-0.15, -0.1) is 0 Å². The first-order valence-electron chi connectivity index (χ1n) is 6.94. The van der Waals surface area contributed by atoms with Crippen molar-refractivity contribution >= 4 is 46.3 Å².